The van der Waals surface area contributed by atoms with E-state index in [0.29, 0.717) is 5.56 Å². The third-order valence-electron chi connectivity index (χ3n) is 2.31. The summed E-state index contributed by atoms with van der Waals surface area (Å²) in [5.41, 5.74) is 0.520. The molecule has 0 aliphatic rings. The van der Waals surface area contributed by atoms with Crippen LogP contribution in [0, 0.1) is 6.92 Å². The van der Waals surface area contributed by atoms with Gasteiger partial charge in [0.25, 0.3) is 0 Å². The van der Waals surface area contributed by atoms with E-state index in [-0.39, 0.29) is 23.6 Å². The summed E-state index contributed by atoms with van der Waals surface area (Å²) in [5.74, 6) is -1.39. The summed E-state index contributed by atoms with van der Waals surface area (Å²) < 4.78 is 30.3. The average molecular weight is 273 g/mol. The predicted molar refractivity (Wildman–Crippen MR) is 67.4 cm³/mol. The van der Waals surface area contributed by atoms with E-state index in [1.54, 1.807) is 19.1 Å². The van der Waals surface area contributed by atoms with E-state index in [4.69, 9.17) is 5.11 Å². The Morgan fingerprint density at radius 1 is 1.44 bits per heavy atom. The fraction of sp³-hybridized carbons (Fsp3) is 0.364. The molecule has 0 bridgehead atoms. The molecule has 0 saturated heterocycles. The van der Waals surface area contributed by atoms with Gasteiger partial charge in [-0.3, -0.25) is 4.72 Å². The van der Waals surface area contributed by atoms with E-state index in [0.717, 1.165) is 0 Å². The minimum absolute atomic E-state index is 0.0431. The van der Waals surface area contributed by atoms with Crippen LogP contribution in [0.5, 0.6) is 0 Å². The van der Waals surface area contributed by atoms with Gasteiger partial charge < -0.3 is 9.84 Å². The second kappa shape index (κ2) is 5.83. The van der Waals surface area contributed by atoms with Gasteiger partial charge >= 0.3 is 5.97 Å². The Morgan fingerprint density at radius 2 is 2.11 bits per heavy atom. The van der Waals surface area contributed by atoms with Crippen molar-refractivity contribution >= 4 is 21.7 Å². The highest BCUT2D eigenvalue weighted by Crippen LogP contribution is 2.20. The van der Waals surface area contributed by atoms with E-state index in [9.17, 15) is 13.2 Å². The van der Waals surface area contributed by atoms with Crippen molar-refractivity contribution in [2.75, 3.05) is 24.2 Å². The van der Waals surface area contributed by atoms with Crippen molar-refractivity contribution in [1.29, 1.82) is 0 Å². The van der Waals surface area contributed by atoms with Crippen molar-refractivity contribution in [3.05, 3.63) is 29.3 Å². The number of nitrogens with one attached hydrogen (secondary N) is 1. The molecule has 0 atom stereocenters. The first-order chi connectivity index (χ1) is 8.37. The maximum absolute atomic E-state index is 11.7. The first-order valence-electron chi connectivity index (χ1n) is 5.19. The zero-order valence-corrected chi connectivity index (χ0v) is 11.0. The van der Waals surface area contributed by atoms with Gasteiger partial charge in [0.1, 0.15) is 0 Å². The Hall–Kier alpha value is -1.60. The Bertz CT molecular complexity index is 538. The molecule has 100 valence electrons. The number of benzene rings is 1. The van der Waals surface area contributed by atoms with Crippen molar-refractivity contribution in [2.45, 2.75) is 6.92 Å². The Kier molecular flexibility index (Phi) is 4.69. The average Bonchev–Trinajstić information content (AvgIpc) is 2.25. The lowest BCUT2D eigenvalue weighted by Crippen LogP contribution is -2.21. The van der Waals surface area contributed by atoms with Gasteiger partial charge in [0.05, 0.1) is 23.6 Å². The van der Waals surface area contributed by atoms with Crippen LogP contribution >= 0.6 is 0 Å². The van der Waals surface area contributed by atoms with Gasteiger partial charge in [-0.15, -0.1) is 0 Å². The molecular weight excluding hydrogens is 258 g/mol. The zero-order chi connectivity index (χ0) is 13.8. The first-order valence-corrected chi connectivity index (χ1v) is 6.85. The van der Waals surface area contributed by atoms with Gasteiger partial charge in [0.15, 0.2) is 0 Å². The highest BCUT2D eigenvalue weighted by Gasteiger charge is 2.17. The van der Waals surface area contributed by atoms with Crippen molar-refractivity contribution < 1.29 is 23.1 Å². The molecule has 0 radical (unpaired) electrons. The highest BCUT2D eigenvalue weighted by molar-refractivity contribution is 7.92. The molecule has 6 nitrogen and oxygen atoms in total. The molecule has 1 rings (SSSR count). The number of rotatable bonds is 6. The number of carboxylic acids is 1. The number of anilines is 1. The summed E-state index contributed by atoms with van der Waals surface area (Å²) in [4.78, 5) is 11.1. The Balaban J connectivity index is 3.05. The molecule has 7 heteroatoms. The summed E-state index contributed by atoms with van der Waals surface area (Å²) in [6.07, 6.45) is 0. The van der Waals surface area contributed by atoms with E-state index in [2.05, 4.69) is 9.46 Å². The minimum Gasteiger partial charge on any atom is -0.478 e. The van der Waals surface area contributed by atoms with E-state index < -0.39 is 16.0 Å². The number of sulfonamides is 1. The predicted octanol–water partition coefficient (Wildman–Crippen LogP) is 1.08. The summed E-state index contributed by atoms with van der Waals surface area (Å²) in [7, 11) is -2.21. The lowest BCUT2D eigenvalue weighted by Gasteiger charge is -2.11. The van der Waals surface area contributed by atoms with E-state index >= 15 is 0 Å². The third-order valence-corrected chi connectivity index (χ3v) is 3.54. The molecule has 0 aliphatic heterocycles. The monoisotopic (exact) mass is 273 g/mol. The molecule has 0 heterocycles. The van der Waals surface area contributed by atoms with Crippen molar-refractivity contribution in [1.82, 2.24) is 0 Å². The molecular formula is C11H15NO5S. The topological polar surface area (TPSA) is 92.7 Å². The maximum atomic E-state index is 11.7. The SMILES string of the molecule is COCCS(=O)(=O)Nc1cccc(C)c1C(=O)O. The van der Waals surface area contributed by atoms with Crippen LogP contribution < -0.4 is 4.72 Å². The fourth-order valence-electron chi connectivity index (χ4n) is 1.45. The summed E-state index contributed by atoms with van der Waals surface area (Å²) >= 11 is 0. The van der Waals surface area contributed by atoms with Crippen LogP contribution in [0.1, 0.15) is 15.9 Å². The Labute approximate surface area is 106 Å². The standard InChI is InChI=1S/C11H15NO5S/c1-8-4-3-5-9(10(8)11(13)14)12-18(15,16)7-6-17-2/h3-5,12H,6-7H2,1-2H3,(H,13,14). The zero-order valence-electron chi connectivity index (χ0n) is 10.1. The second-order valence-electron chi connectivity index (χ2n) is 3.72. The van der Waals surface area contributed by atoms with Crippen molar-refractivity contribution in [2.24, 2.45) is 0 Å². The molecule has 0 saturated carbocycles. The normalized spacial score (nSPS) is 11.2. The van der Waals surface area contributed by atoms with Crippen LogP contribution in [0.3, 0.4) is 0 Å². The lowest BCUT2D eigenvalue weighted by molar-refractivity contribution is 0.0697. The van der Waals surface area contributed by atoms with Gasteiger partial charge in [-0.25, -0.2) is 13.2 Å². The summed E-state index contributed by atoms with van der Waals surface area (Å²) in [6.45, 7) is 1.65. The van der Waals surface area contributed by atoms with Gasteiger partial charge in [-0.05, 0) is 18.6 Å². The molecule has 0 amide bonds. The molecule has 18 heavy (non-hydrogen) atoms. The Morgan fingerprint density at radius 3 is 2.67 bits per heavy atom. The maximum Gasteiger partial charge on any atom is 0.338 e. The van der Waals surface area contributed by atoms with E-state index in [1.807, 2.05) is 0 Å². The number of ether oxygens (including phenoxy) is 1. The van der Waals surface area contributed by atoms with Crippen LogP contribution in [-0.2, 0) is 14.8 Å². The summed E-state index contributed by atoms with van der Waals surface area (Å²) in [6, 6.07) is 4.62. The van der Waals surface area contributed by atoms with Crippen LogP contribution in [0.25, 0.3) is 0 Å². The fourth-order valence-corrected chi connectivity index (χ4v) is 2.44. The number of hydrogen-bond acceptors (Lipinski definition) is 4. The molecule has 0 unspecified atom stereocenters. The van der Waals surface area contributed by atoms with E-state index in [1.165, 1.54) is 13.2 Å². The number of methoxy groups -OCH3 is 1. The van der Waals surface area contributed by atoms with Crippen molar-refractivity contribution in [3.8, 4) is 0 Å². The molecule has 2 N–H and O–H groups in total. The molecule has 0 spiro atoms. The van der Waals surface area contributed by atoms with Gasteiger partial charge in [-0.1, -0.05) is 12.1 Å². The van der Waals surface area contributed by atoms with Crippen LogP contribution in [0.4, 0.5) is 5.69 Å². The van der Waals surface area contributed by atoms with Gasteiger partial charge in [-0.2, -0.15) is 0 Å². The lowest BCUT2D eigenvalue weighted by atomic mass is 10.1. The minimum atomic E-state index is -3.61. The number of carboxylic acid groups (broad SMARTS) is 1. The number of aromatic carboxylic acids is 1. The number of aryl methyl sites for hydroxylation is 1. The molecule has 0 aliphatic carbocycles. The van der Waals surface area contributed by atoms with Crippen LogP contribution in [-0.4, -0.2) is 39.0 Å². The van der Waals surface area contributed by atoms with Gasteiger partial charge in [0, 0.05) is 7.11 Å². The largest absolute Gasteiger partial charge is 0.478 e. The van der Waals surface area contributed by atoms with Gasteiger partial charge in [0.2, 0.25) is 10.0 Å². The van der Waals surface area contributed by atoms with Crippen molar-refractivity contribution in [3.63, 3.8) is 0 Å². The molecule has 1 aromatic carbocycles. The quantitative estimate of drug-likeness (QED) is 0.809. The van der Waals surface area contributed by atoms with Crippen LogP contribution in [0.15, 0.2) is 18.2 Å². The molecule has 1 aromatic rings. The van der Waals surface area contributed by atoms with Crippen LogP contribution in [0.2, 0.25) is 0 Å². The smallest absolute Gasteiger partial charge is 0.338 e. The first kappa shape index (κ1) is 14.5. The molecule has 0 fully saturated rings. The number of hydrogen-bond donors (Lipinski definition) is 2. The number of carbonyl (C=O) groups is 1. The molecule has 0 aromatic heterocycles. The summed E-state index contributed by atoms with van der Waals surface area (Å²) in [5, 5.41) is 9.06. The third kappa shape index (κ3) is 3.71. The second-order valence-corrected chi connectivity index (χ2v) is 5.56. The highest BCUT2D eigenvalue weighted by atomic mass is 32.2.